The number of primary amides is 1. The Bertz CT molecular complexity index is 1110. The molecule has 0 atom stereocenters. The van der Waals surface area contributed by atoms with Gasteiger partial charge in [-0.25, -0.2) is 4.52 Å². The van der Waals surface area contributed by atoms with E-state index in [1.807, 2.05) is 11.1 Å². The summed E-state index contributed by atoms with van der Waals surface area (Å²) in [7, 11) is 0. The van der Waals surface area contributed by atoms with E-state index in [0.717, 1.165) is 62.9 Å². The molecular weight excluding hydrogens is 420 g/mol. The molecule has 2 saturated heterocycles. The van der Waals surface area contributed by atoms with E-state index in [0.29, 0.717) is 38.0 Å². The molecule has 5 rings (SSSR count). The number of nitrogens with zero attached hydrogens (tertiary/aromatic N) is 5. The lowest BCUT2D eigenvalue weighted by Crippen LogP contribution is -2.63. The number of likely N-dealkylation sites (tertiary alicyclic amines) is 2. The van der Waals surface area contributed by atoms with Crippen LogP contribution >= 0.6 is 0 Å². The van der Waals surface area contributed by atoms with Crippen LogP contribution in [0.1, 0.15) is 62.6 Å². The van der Waals surface area contributed by atoms with Crippen molar-refractivity contribution in [1.29, 1.82) is 0 Å². The SMILES string of the molecule is NC(=O)C1(N2CCCCC2)CCN(C(=O)CCn2ccn3nc4c(c3c2=O)CCCC4)CC1. The summed E-state index contributed by atoms with van der Waals surface area (Å²) >= 11 is 0. The molecule has 2 aliphatic heterocycles. The van der Waals surface area contributed by atoms with Crippen molar-refractivity contribution >= 4 is 17.3 Å². The minimum absolute atomic E-state index is 0.0222. The van der Waals surface area contributed by atoms with Crippen molar-refractivity contribution in [2.45, 2.75) is 76.3 Å². The first-order chi connectivity index (χ1) is 16.0. The van der Waals surface area contributed by atoms with Crippen LogP contribution in [0, 0.1) is 0 Å². The van der Waals surface area contributed by atoms with Gasteiger partial charge in [0.1, 0.15) is 11.1 Å². The Balaban J connectivity index is 1.24. The summed E-state index contributed by atoms with van der Waals surface area (Å²) in [5.74, 6) is -0.241. The predicted octanol–water partition coefficient (Wildman–Crippen LogP) is 1.10. The number of hydrogen-bond acceptors (Lipinski definition) is 5. The van der Waals surface area contributed by atoms with Gasteiger partial charge in [0.2, 0.25) is 11.8 Å². The van der Waals surface area contributed by atoms with Gasteiger partial charge >= 0.3 is 0 Å². The first-order valence-corrected chi connectivity index (χ1v) is 12.4. The average molecular weight is 455 g/mol. The summed E-state index contributed by atoms with van der Waals surface area (Å²) in [6.07, 6.45) is 12.4. The van der Waals surface area contributed by atoms with E-state index in [9.17, 15) is 14.4 Å². The molecule has 2 N–H and O–H groups in total. The minimum atomic E-state index is -0.625. The number of carbonyl (C=O) groups is 2. The zero-order valence-corrected chi connectivity index (χ0v) is 19.3. The van der Waals surface area contributed by atoms with Crippen LogP contribution in [-0.4, -0.2) is 67.5 Å². The molecular formula is C24H34N6O3. The molecule has 2 aromatic rings. The van der Waals surface area contributed by atoms with Crippen LogP contribution in [0.25, 0.3) is 5.52 Å². The number of aromatic nitrogens is 3. The Hall–Kier alpha value is -2.68. The number of hydrogen-bond donors (Lipinski definition) is 1. The van der Waals surface area contributed by atoms with Gasteiger partial charge in [0.15, 0.2) is 0 Å². The van der Waals surface area contributed by atoms with Gasteiger partial charge < -0.3 is 15.2 Å². The van der Waals surface area contributed by atoms with E-state index in [2.05, 4.69) is 10.00 Å². The fraction of sp³-hybridized carbons (Fsp3) is 0.667. The van der Waals surface area contributed by atoms with Gasteiger partial charge in [-0.15, -0.1) is 0 Å². The second-order valence-electron chi connectivity index (χ2n) is 9.80. The van der Waals surface area contributed by atoms with Gasteiger partial charge in [-0.3, -0.25) is 19.3 Å². The van der Waals surface area contributed by atoms with E-state index in [1.165, 1.54) is 6.42 Å². The number of fused-ring (bicyclic) bond motifs is 3. The monoisotopic (exact) mass is 454 g/mol. The molecule has 9 heteroatoms. The van der Waals surface area contributed by atoms with Gasteiger partial charge in [0.05, 0.1) is 5.69 Å². The second-order valence-corrected chi connectivity index (χ2v) is 9.80. The Labute approximate surface area is 193 Å². The molecule has 9 nitrogen and oxygen atoms in total. The van der Waals surface area contributed by atoms with E-state index in [1.54, 1.807) is 15.3 Å². The van der Waals surface area contributed by atoms with E-state index < -0.39 is 5.54 Å². The zero-order chi connectivity index (χ0) is 23.0. The van der Waals surface area contributed by atoms with Gasteiger partial charge in [0.25, 0.3) is 5.56 Å². The van der Waals surface area contributed by atoms with Gasteiger partial charge in [-0.2, -0.15) is 5.10 Å². The highest BCUT2D eigenvalue weighted by Gasteiger charge is 2.45. The lowest BCUT2D eigenvalue weighted by atomic mass is 9.83. The van der Waals surface area contributed by atoms with Gasteiger partial charge in [-0.1, -0.05) is 6.42 Å². The third kappa shape index (κ3) is 3.96. The smallest absolute Gasteiger partial charge is 0.276 e. The minimum Gasteiger partial charge on any atom is -0.368 e. The van der Waals surface area contributed by atoms with Crippen molar-refractivity contribution < 1.29 is 9.59 Å². The summed E-state index contributed by atoms with van der Waals surface area (Å²) in [5.41, 5.74) is 7.93. The maximum absolute atomic E-state index is 13.1. The molecule has 0 bridgehead atoms. The molecule has 3 aliphatic rings. The van der Waals surface area contributed by atoms with Crippen LogP contribution < -0.4 is 11.3 Å². The van der Waals surface area contributed by atoms with Gasteiger partial charge in [-0.05, 0) is 64.5 Å². The number of aryl methyl sites for hydroxylation is 3. The summed E-state index contributed by atoms with van der Waals surface area (Å²) in [4.78, 5) is 42.6. The summed E-state index contributed by atoms with van der Waals surface area (Å²) in [6.45, 7) is 3.21. The largest absolute Gasteiger partial charge is 0.368 e. The Morgan fingerprint density at radius 2 is 1.70 bits per heavy atom. The summed E-state index contributed by atoms with van der Waals surface area (Å²) in [5, 5.41) is 4.58. The van der Waals surface area contributed by atoms with Gasteiger partial charge in [0, 0.05) is 44.0 Å². The maximum atomic E-state index is 13.1. The van der Waals surface area contributed by atoms with Crippen LogP contribution in [-0.2, 0) is 29.0 Å². The third-order valence-corrected chi connectivity index (χ3v) is 7.96. The quantitative estimate of drug-likeness (QED) is 0.728. The molecule has 2 aromatic heterocycles. The number of piperidine rings is 2. The number of amides is 2. The van der Waals surface area contributed by atoms with Crippen molar-refractivity contribution in [3.05, 3.63) is 34.0 Å². The van der Waals surface area contributed by atoms with Crippen LogP contribution in [0.5, 0.6) is 0 Å². The fourth-order valence-corrected chi connectivity index (χ4v) is 5.97. The van der Waals surface area contributed by atoms with Crippen molar-refractivity contribution in [3.8, 4) is 0 Å². The van der Waals surface area contributed by atoms with Crippen molar-refractivity contribution in [3.63, 3.8) is 0 Å². The van der Waals surface area contributed by atoms with E-state index in [-0.39, 0.29) is 23.8 Å². The average Bonchev–Trinajstić information content (AvgIpc) is 3.23. The lowest BCUT2D eigenvalue weighted by Gasteiger charge is -2.48. The molecule has 0 aromatic carbocycles. The lowest BCUT2D eigenvalue weighted by molar-refractivity contribution is -0.142. The molecule has 33 heavy (non-hydrogen) atoms. The van der Waals surface area contributed by atoms with Crippen LogP contribution in [0.15, 0.2) is 17.2 Å². The number of nitrogens with two attached hydrogens (primary N) is 1. The third-order valence-electron chi connectivity index (χ3n) is 7.96. The predicted molar refractivity (Wildman–Crippen MR) is 124 cm³/mol. The van der Waals surface area contributed by atoms with E-state index >= 15 is 0 Å². The molecule has 4 heterocycles. The molecule has 2 amide bonds. The fourth-order valence-electron chi connectivity index (χ4n) is 5.97. The van der Waals surface area contributed by atoms with Crippen LogP contribution in [0.2, 0.25) is 0 Å². The normalized spacial score (nSPS) is 21.2. The first kappa shape index (κ1) is 22.1. The highest BCUT2D eigenvalue weighted by molar-refractivity contribution is 5.85. The second kappa shape index (κ2) is 8.93. The van der Waals surface area contributed by atoms with Crippen molar-refractivity contribution in [1.82, 2.24) is 24.0 Å². The van der Waals surface area contributed by atoms with E-state index in [4.69, 9.17) is 5.73 Å². The molecule has 178 valence electrons. The first-order valence-electron chi connectivity index (χ1n) is 12.4. The highest BCUT2D eigenvalue weighted by atomic mass is 16.2. The molecule has 2 fully saturated rings. The van der Waals surface area contributed by atoms with Crippen molar-refractivity contribution in [2.24, 2.45) is 5.73 Å². The Morgan fingerprint density at radius 1 is 0.970 bits per heavy atom. The molecule has 0 unspecified atom stereocenters. The molecule has 1 aliphatic carbocycles. The summed E-state index contributed by atoms with van der Waals surface area (Å²) in [6, 6.07) is 0. The zero-order valence-electron chi connectivity index (χ0n) is 19.3. The molecule has 0 saturated carbocycles. The highest BCUT2D eigenvalue weighted by Crippen LogP contribution is 2.31. The number of carbonyl (C=O) groups excluding carboxylic acids is 2. The van der Waals surface area contributed by atoms with Crippen molar-refractivity contribution in [2.75, 3.05) is 26.2 Å². The summed E-state index contributed by atoms with van der Waals surface area (Å²) < 4.78 is 3.33. The maximum Gasteiger partial charge on any atom is 0.276 e. The topological polar surface area (TPSA) is 106 Å². The number of rotatable bonds is 5. The Morgan fingerprint density at radius 3 is 2.42 bits per heavy atom. The molecule has 0 radical (unpaired) electrons. The van der Waals surface area contributed by atoms with Crippen LogP contribution in [0.3, 0.4) is 0 Å². The Kier molecular flexibility index (Phi) is 5.99. The molecule has 0 spiro atoms. The van der Waals surface area contributed by atoms with Crippen LogP contribution in [0.4, 0.5) is 0 Å². The standard InChI is InChI=1S/C24H34N6O3/c25-23(33)24(29-11-4-1-5-12-29)9-14-27(15-10-24)20(31)8-13-28-16-17-30-21(22(28)32)18-6-2-3-7-19(18)26-30/h16-17H,1-15H2,(H2,25,33).